The van der Waals surface area contributed by atoms with Gasteiger partial charge in [-0.2, -0.15) is 9.49 Å². The molecule has 0 saturated carbocycles. The average molecular weight is 384 g/mol. The van der Waals surface area contributed by atoms with Crippen molar-refractivity contribution >= 4 is 11.6 Å². The number of ether oxygens (including phenoxy) is 1. The maximum Gasteiger partial charge on any atom is 0.305 e. The van der Waals surface area contributed by atoms with E-state index in [1.807, 2.05) is 4.68 Å². The molecule has 0 radical (unpaired) electrons. The Morgan fingerprint density at radius 1 is 1.25 bits per heavy atom. The number of methoxy groups -OCH3 is 1. The van der Waals surface area contributed by atoms with Crippen LogP contribution >= 0.6 is 0 Å². The van der Waals surface area contributed by atoms with Crippen LogP contribution in [0.3, 0.4) is 0 Å². The first-order chi connectivity index (χ1) is 13.5. The van der Waals surface area contributed by atoms with Gasteiger partial charge in [-0.05, 0) is 19.3 Å². The van der Waals surface area contributed by atoms with Gasteiger partial charge in [-0.25, -0.2) is 9.97 Å². The van der Waals surface area contributed by atoms with Crippen LogP contribution in [0.25, 0.3) is 22.4 Å². The van der Waals surface area contributed by atoms with Gasteiger partial charge in [-0.15, -0.1) is 0 Å². The van der Waals surface area contributed by atoms with Crippen molar-refractivity contribution in [3.8, 4) is 28.1 Å². The molecule has 9 nitrogen and oxygen atoms in total. The largest absolute Gasteiger partial charge is 0.496 e. The number of nitrogens with zero attached hydrogens (tertiary/aromatic N) is 5. The van der Waals surface area contributed by atoms with E-state index in [-0.39, 0.29) is 11.7 Å². The van der Waals surface area contributed by atoms with Crippen LogP contribution in [-0.2, 0) is 13.0 Å². The third-order valence-corrected chi connectivity index (χ3v) is 4.80. The second kappa shape index (κ2) is 6.87. The topological polar surface area (TPSA) is 122 Å². The molecule has 0 spiro atoms. The number of hydrogen-bond donors (Lipinski definition) is 1. The summed E-state index contributed by atoms with van der Waals surface area (Å²) in [5.41, 5.74) is 8.19. The number of halogens is 1. The van der Waals surface area contributed by atoms with Crippen LogP contribution in [-0.4, -0.2) is 31.8 Å². The van der Waals surface area contributed by atoms with Crippen LogP contribution in [0.4, 0.5) is 16.0 Å². The predicted molar refractivity (Wildman–Crippen MR) is 99.2 cm³/mol. The Balaban J connectivity index is 1.97. The standard InChI is InChI=1S/C18H17FN6O3/c1-28-16-7-13(19)15(25(26)27)6-10(16)11-8-21-18(20)23-17(11)12-9-22-24-5-3-2-4-14(12)24/h6-9H,2-5H2,1H3,(H2,20,21,23). The fourth-order valence-corrected chi connectivity index (χ4v) is 3.48. The van der Waals surface area contributed by atoms with Gasteiger partial charge in [0.1, 0.15) is 5.75 Å². The van der Waals surface area contributed by atoms with E-state index in [9.17, 15) is 14.5 Å². The maximum absolute atomic E-state index is 14.1. The zero-order valence-electron chi connectivity index (χ0n) is 15.1. The quantitative estimate of drug-likeness (QED) is 0.542. The molecule has 0 aliphatic carbocycles. The molecule has 144 valence electrons. The van der Waals surface area contributed by atoms with Crippen LogP contribution in [0.2, 0.25) is 0 Å². The fourth-order valence-electron chi connectivity index (χ4n) is 3.48. The second-order valence-corrected chi connectivity index (χ2v) is 6.44. The van der Waals surface area contributed by atoms with Crippen LogP contribution in [0, 0.1) is 15.9 Å². The van der Waals surface area contributed by atoms with Gasteiger partial charge in [0.15, 0.2) is 0 Å². The molecule has 2 aromatic heterocycles. The number of fused-ring (bicyclic) bond motifs is 1. The summed E-state index contributed by atoms with van der Waals surface area (Å²) >= 11 is 0. The summed E-state index contributed by atoms with van der Waals surface area (Å²) < 4.78 is 21.2. The first-order valence-electron chi connectivity index (χ1n) is 8.69. The monoisotopic (exact) mass is 384 g/mol. The summed E-state index contributed by atoms with van der Waals surface area (Å²) in [4.78, 5) is 18.8. The lowest BCUT2D eigenvalue weighted by Gasteiger charge is -2.16. The zero-order valence-corrected chi connectivity index (χ0v) is 15.1. The molecule has 0 fully saturated rings. The molecule has 0 saturated heterocycles. The van der Waals surface area contributed by atoms with E-state index in [0.29, 0.717) is 16.8 Å². The molecular formula is C18H17FN6O3. The van der Waals surface area contributed by atoms with Crippen molar-refractivity contribution in [2.75, 3.05) is 12.8 Å². The van der Waals surface area contributed by atoms with E-state index in [0.717, 1.165) is 49.2 Å². The lowest BCUT2D eigenvalue weighted by atomic mass is 9.97. The number of nitro groups is 1. The van der Waals surface area contributed by atoms with Gasteiger partial charge in [0.05, 0.1) is 23.9 Å². The van der Waals surface area contributed by atoms with E-state index in [1.165, 1.54) is 13.3 Å². The lowest BCUT2D eigenvalue weighted by Crippen LogP contribution is -2.11. The van der Waals surface area contributed by atoms with Gasteiger partial charge >= 0.3 is 5.69 Å². The van der Waals surface area contributed by atoms with E-state index < -0.39 is 16.4 Å². The SMILES string of the molecule is COc1cc(F)c([N+](=O)[O-])cc1-c1cnc(N)nc1-c1cnn2c1CCCC2. The maximum atomic E-state index is 14.1. The van der Waals surface area contributed by atoms with Gasteiger partial charge < -0.3 is 10.5 Å². The van der Waals surface area contributed by atoms with Crippen molar-refractivity contribution in [3.05, 3.63) is 46.2 Å². The van der Waals surface area contributed by atoms with Gasteiger partial charge in [0, 0.05) is 47.3 Å². The fraction of sp³-hybridized carbons (Fsp3) is 0.278. The molecule has 1 aliphatic heterocycles. The Hall–Kier alpha value is -3.56. The Kier molecular flexibility index (Phi) is 4.38. The highest BCUT2D eigenvalue weighted by molar-refractivity contribution is 5.85. The average Bonchev–Trinajstić information content (AvgIpc) is 3.11. The number of nitrogens with two attached hydrogens (primary N) is 1. The third kappa shape index (κ3) is 2.92. The molecule has 28 heavy (non-hydrogen) atoms. The molecule has 10 heteroatoms. The minimum absolute atomic E-state index is 0.0603. The number of nitrogen functional groups attached to an aromatic ring is 1. The molecule has 0 unspecified atom stereocenters. The molecule has 0 atom stereocenters. The number of nitro benzene ring substituents is 1. The number of hydrogen-bond acceptors (Lipinski definition) is 7. The van der Waals surface area contributed by atoms with Crippen molar-refractivity contribution in [1.82, 2.24) is 19.7 Å². The minimum atomic E-state index is -0.980. The summed E-state index contributed by atoms with van der Waals surface area (Å²) in [6, 6.07) is 2.11. The van der Waals surface area contributed by atoms with Crippen LogP contribution < -0.4 is 10.5 Å². The Bertz CT molecular complexity index is 1080. The Morgan fingerprint density at radius 2 is 2.07 bits per heavy atom. The van der Waals surface area contributed by atoms with Crippen LogP contribution in [0.1, 0.15) is 18.5 Å². The van der Waals surface area contributed by atoms with Gasteiger partial charge in [-0.3, -0.25) is 14.8 Å². The van der Waals surface area contributed by atoms with Crippen molar-refractivity contribution in [2.45, 2.75) is 25.8 Å². The zero-order chi connectivity index (χ0) is 19.8. The van der Waals surface area contributed by atoms with Crippen LogP contribution in [0.15, 0.2) is 24.5 Å². The number of aromatic nitrogens is 4. The van der Waals surface area contributed by atoms with Crippen molar-refractivity contribution in [1.29, 1.82) is 0 Å². The van der Waals surface area contributed by atoms with Crippen molar-refractivity contribution in [2.24, 2.45) is 0 Å². The summed E-state index contributed by atoms with van der Waals surface area (Å²) in [7, 11) is 1.36. The van der Waals surface area contributed by atoms with E-state index in [1.54, 1.807) is 6.20 Å². The number of anilines is 1. The molecule has 3 heterocycles. The molecular weight excluding hydrogens is 367 g/mol. The first-order valence-corrected chi connectivity index (χ1v) is 8.69. The van der Waals surface area contributed by atoms with Crippen molar-refractivity contribution in [3.63, 3.8) is 0 Å². The first kappa shape index (κ1) is 17.8. The van der Waals surface area contributed by atoms with Gasteiger partial charge in [0.25, 0.3) is 0 Å². The van der Waals surface area contributed by atoms with E-state index in [4.69, 9.17) is 10.5 Å². The minimum Gasteiger partial charge on any atom is -0.496 e. The highest BCUT2D eigenvalue weighted by Crippen LogP contribution is 2.40. The second-order valence-electron chi connectivity index (χ2n) is 6.44. The number of rotatable bonds is 4. The highest BCUT2D eigenvalue weighted by Gasteiger charge is 2.25. The molecule has 4 rings (SSSR count). The van der Waals surface area contributed by atoms with Gasteiger partial charge in [0.2, 0.25) is 11.8 Å². The van der Waals surface area contributed by atoms with Crippen LogP contribution in [0.5, 0.6) is 5.75 Å². The normalized spacial score (nSPS) is 13.2. The summed E-state index contributed by atoms with van der Waals surface area (Å²) in [6.45, 7) is 0.816. The Morgan fingerprint density at radius 3 is 2.82 bits per heavy atom. The molecule has 0 amide bonds. The lowest BCUT2D eigenvalue weighted by molar-refractivity contribution is -0.387. The smallest absolute Gasteiger partial charge is 0.305 e. The summed E-state index contributed by atoms with van der Waals surface area (Å²) in [5, 5.41) is 15.6. The molecule has 0 bridgehead atoms. The predicted octanol–water partition coefficient (Wildman–Crippen LogP) is 2.98. The number of benzene rings is 1. The summed E-state index contributed by atoms with van der Waals surface area (Å²) in [5.74, 6) is -0.782. The number of aryl methyl sites for hydroxylation is 1. The molecule has 3 aromatic rings. The molecule has 2 N–H and O–H groups in total. The summed E-state index contributed by atoms with van der Waals surface area (Å²) in [6.07, 6.45) is 6.07. The molecule has 1 aliphatic rings. The third-order valence-electron chi connectivity index (χ3n) is 4.80. The van der Waals surface area contributed by atoms with E-state index in [2.05, 4.69) is 15.1 Å². The highest BCUT2D eigenvalue weighted by atomic mass is 19.1. The Labute approximate surface area is 159 Å². The van der Waals surface area contributed by atoms with Gasteiger partial charge in [-0.1, -0.05) is 0 Å². The van der Waals surface area contributed by atoms with E-state index >= 15 is 0 Å². The molecule has 1 aromatic carbocycles. The van der Waals surface area contributed by atoms with Crippen molar-refractivity contribution < 1.29 is 14.1 Å².